The minimum atomic E-state index is -0.253. The predicted octanol–water partition coefficient (Wildman–Crippen LogP) is 2.83. The van der Waals surface area contributed by atoms with E-state index in [1.165, 1.54) is 30.5 Å². The van der Waals surface area contributed by atoms with Gasteiger partial charge in [0.15, 0.2) is 0 Å². The zero-order valence-electron chi connectivity index (χ0n) is 16.1. The molecular formula is C22H27FN4O. The Hall–Kier alpha value is -2.02. The van der Waals surface area contributed by atoms with Crippen LogP contribution in [0.5, 0.6) is 0 Å². The number of aromatic nitrogens is 1. The van der Waals surface area contributed by atoms with E-state index in [1.54, 1.807) is 6.07 Å². The third-order valence-electron chi connectivity index (χ3n) is 6.45. The van der Waals surface area contributed by atoms with Crippen molar-refractivity contribution in [3.8, 4) is 0 Å². The number of hydrogen-bond acceptors (Lipinski definition) is 5. The second-order valence-corrected chi connectivity index (χ2v) is 8.22. The van der Waals surface area contributed by atoms with Crippen molar-refractivity contribution in [1.82, 2.24) is 10.3 Å². The smallest absolute Gasteiger partial charge is 0.129 e. The molecule has 0 bridgehead atoms. The Kier molecular flexibility index (Phi) is 4.57. The van der Waals surface area contributed by atoms with Crippen LogP contribution in [0.3, 0.4) is 0 Å². The second-order valence-electron chi connectivity index (χ2n) is 8.22. The summed E-state index contributed by atoms with van der Waals surface area (Å²) in [6, 6.07) is 9.11. The van der Waals surface area contributed by atoms with Gasteiger partial charge in [-0.25, -0.2) is 9.37 Å². The van der Waals surface area contributed by atoms with Crippen molar-refractivity contribution in [2.24, 2.45) is 5.73 Å². The predicted molar refractivity (Wildman–Crippen MR) is 107 cm³/mol. The van der Waals surface area contributed by atoms with E-state index in [4.69, 9.17) is 15.5 Å². The Balaban J connectivity index is 1.35. The Labute approximate surface area is 165 Å². The first-order valence-corrected chi connectivity index (χ1v) is 10.3. The molecule has 28 heavy (non-hydrogen) atoms. The summed E-state index contributed by atoms with van der Waals surface area (Å²) in [5.41, 5.74) is 10.1. The van der Waals surface area contributed by atoms with Crippen LogP contribution in [0.25, 0.3) is 0 Å². The van der Waals surface area contributed by atoms with Crippen molar-refractivity contribution in [3.63, 3.8) is 0 Å². The normalized spacial score (nSPS) is 22.5. The quantitative estimate of drug-likeness (QED) is 0.833. The molecule has 2 aliphatic carbocycles. The number of fused-ring (bicyclic) bond motifs is 1. The van der Waals surface area contributed by atoms with Gasteiger partial charge in [-0.15, -0.1) is 0 Å². The summed E-state index contributed by atoms with van der Waals surface area (Å²) in [5.74, 6) is 0.818. The minimum absolute atomic E-state index is 0.0399. The lowest BCUT2D eigenvalue weighted by molar-refractivity contribution is 0.0381. The first kappa shape index (κ1) is 18.0. The van der Waals surface area contributed by atoms with Crippen LogP contribution in [-0.2, 0) is 24.3 Å². The van der Waals surface area contributed by atoms with Gasteiger partial charge in [-0.1, -0.05) is 12.1 Å². The molecule has 1 atom stereocenters. The molecule has 0 unspecified atom stereocenters. The van der Waals surface area contributed by atoms with Gasteiger partial charge < -0.3 is 20.7 Å². The van der Waals surface area contributed by atoms with Crippen LogP contribution in [0, 0.1) is 5.82 Å². The molecule has 6 heteroatoms. The average molecular weight is 382 g/mol. The summed E-state index contributed by atoms with van der Waals surface area (Å²) < 4.78 is 19.8. The number of nitrogens with one attached hydrogen (secondary N) is 1. The second kappa shape index (κ2) is 7.10. The summed E-state index contributed by atoms with van der Waals surface area (Å²) in [6.07, 6.45) is 4.33. The maximum atomic E-state index is 13.6. The van der Waals surface area contributed by atoms with Gasteiger partial charge in [-0.05, 0) is 60.6 Å². The van der Waals surface area contributed by atoms with Crippen molar-refractivity contribution in [2.45, 2.75) is 50.5 Å². The molecular weight excluding hydrogens is 355 g/mol. The van der Waals surface area contributed by atoms with Crippen molar-refractivity contribution in [3.05, 3.63) is 58.5 Å². The van der Waals surface area contributed by atoms with Crippen LogP contribution in [0.1, 0.15) is 47.8 Å². The van der Waals surface area contributed by atoms with E-state index >= 15 is 0 Å². The van der Waals surface area contributed by atoms with Gasteiger partial charge in [0.1, 0.15) is 17.7 Å². The number of aryl methyl sites for hydroxylation is 1. The van der Waals surface area contributed by atoms with Gasteiger partial charge in [0.05, 0.1) is 17.8 Å². The largest absolute Gasteiger partial charge is 0.367 e. The van der Waals surface area contributed by atoms with Crippen LogP contribution in [0.2, 0.25) is 0 Å². The number of anilines is 1. The lowest BCUT2D eigenvalue weighted by Gasteiger charge is -2.38. The van der Waals surface area contributed by atoms with E-state index < -0.39 is 0 Å². The molecule has 1 spiro atoms. The molecule has 5 nitrogen and oxygen atoms in total. The Bertz CT molecular complexity index is 883. The van der Waals surface area contributed by atoms with Crippen molar-refractivity contribution in [1.29, 1.82) is 0 Å². The zero-order chi connectivity index (χ0) is 19.1. The topological polar surface area (TPSA) is 63.4 Å². The van der Waals surface area contributed by atoms with E-state index in [2.05, 4.69) is 22.3 Å². The highest BCUT2D eigenvalue weighted by molar-refractivity contribution is 5.49. The maximum absolute atomic E-state index is 13.6. The fraction of sp³-hybridized carbons (Fsp3) is 0.500. The lowest BCUT2D eigenvalue weighted by atomic mass is 10.1. The fourth-order valence-electron chi connectivity index (χ4n) is 4.63. The number of nitrogens with zero attached hydrogens (tertiary/aromatic N) is 2. The monoisotopic (exact) mass is 382 g/mol. The average Bonchev–Trinajstić information content (AvgIpc) is 3.36. The molecule has 1 saturated carbocycles. The van der Waals surface area contributed by atoms with Crippen molar-refractivity contribution in [2.75, 3.05) is 24.5 Å². The maximum Gasteiger partial charge on any atom is 0.129 e. The lowest BCUT2D eigenvalue weighted by Crippen LogP contribution is -2.53. The highest BCUT2D eigenvalue weighted by Crippen LogP contribution is 2.45. The Morgan fingerprint density at radius 2 is 2.14 bits per heavy atom. The number of nitrogens with two attached hydrogens (primary N) is 1. The number of rotatable bonds is 5. The van der Waals surface area contributed by atoms with Gasteiger partial charge in [0.2, 0.25) is 0 Å². The standard InChI is InChI=1S/C22H27FN4O/c23-18-4-1-16(12-24)17(11-18)13-28-19-5-2-15-3-6-20(26-21(15)19)27-10-9-25-14-22(27)7-8-22/h1,3-4,6,11,19,25H,2,5,7-10,12-14,24H2/t19-/m0/s1. The van der Waals surface area contributed by atoms with Crippen LogP contribution in [0.4, 0.5) is 10.2 Å². The van der Waals surface area contributed by atoms with E-state index in [-0.39, 0.29) is 17.5 Å². The van der Waals surface area contributed by atoms with E-state index in [0.717, 1.165) is 55.1 Å². The molecule has 1 saturated heterocycles. The van der Waals surface area contributed by atoms with Gasteiger partial charge >= 0.3 is 0 Å². The molecule has 2 heterocycles. The summed E-state index contributed by atoms with van der Waals surface area (Å²) in [4.78, 5) is 7.53. The van der Waals surface area contributed by atoms with Crippen LogP contribution in [0.15, 0.2) is 30.3 Å². The molecule has 1 aliphatic heterocycles. The van der Waals surface area contributed by atoms with E-state index in [9.17, 15) is 4.39 Å². The first-order chi connectivity index (χ1) is 13.7. The molecule has 5 rings (SSSR count). The summed E-state index contributed by atoms with van der Waals surface area (Å²) in [6.45, 7) is 3.79. The minimum Gasteiger partial charge on any atom is -0.367 e. The summed E-state index contributed by atoms with van der Waals surface area (Å²) in [5, 5.41) is 3.52. The van der Waals surface area contributed by atoms with E-state index in [0.29, 0.717) is 13.2 Å². The van der Waals surface area contributed by atoms with Gasteiger partial charge in [0.25, 0.3) is 0 Å². The molecule has 2 fully saturated rings. The number of pyridine rings is 1. The van der Waals surface area contributed by atoms with E-state index in [1.807, 2.05) is 0 Å². The zero-order valence-corrected chi connectivity index (χ0v) is 16.1. The third-order valence-corrected chi connectivity index (χ3v) is 6.45. The number of halogens is 1. The third kappa shape index (κ3) is 3.19. The number of piperazine rings is 1. The van der Waals surface area contributed by atoms with Crippen LogP contribution < -0.4 is 16.0 Å². The molecule has 3 aliphatic rings. The molecule has 148 valence electrons. The van der Waals surface area contributed by atoms with Gasteiger partial charge in [-0.3, -0.25) is 0 Å². The number of ether oxygens (including phenoxy) is 1. The molecule has 2 aromatic rings. The summed E-state index contributed by atoms with van der Waals surface area (Å²) in [7, 11) is 0. The highest BCUT2D eigenvalue weighted by atomic mass is 19.1. The Morgan fingerprint density at radius 1 is 1.25 bits per heavy atom. The summed E-state index contributed by atoms with van der Waals surface area (Å²) >= 11 is 0. The molecule has 0 amide bonds. The van der Waals surface area contributed by atoms with Crippen molar-refractivity contribution < 1.29 is 9.13 Å². The van der Waals surface area contributed by atoms with Crippen molar-refractivity contribution >= 4 is 5.82 Å². The highest BCUT2D eigenvalue weighted by Gasteiger charge is 2.49. The SMILES string of the molecule is NCc1ccc(F)cc1CO[C@H]1CCc2ccc(N3CCNCC34CC4)nc21. The first-order valence-electron chi connectivity index (χ1n) is 10.3. The van der Waals surface area contributed by atoms with Crippen LogP contribution >= 0.6 is 0 Å². The number of benzene rings is 1. The van der Waals surface area contributed by atoms with Gasteiger partial charge in [0, 0.05) is 26.2 Å². The van der Waals surface area contributed by atoms with Gasteiger partial charge in [-0.2, -0.15) is 0 Å². The Morgan fingerprint density at radius 3 is 2.96 bits per heavy atom. The molecule has 3 N–H and O–H groups in total. The molecule has 0 radical (unpaired) electrons. The number of hydrogen-bond donors (Lipinski definition) is 2. The van der Waals surface area contributed by atoms with Crippen LogP contribution in [-0.4, -0.2) is 30.2 Å². The molecule has 1 aromatic carbocycles. The fourth-order valence-corrected chi connectivity index (χ4v) is 4.63. The molecule has 1 aromatic heterocycles.